The molecule has 0 saturated heterocycles. The number of rotatable bonds is 7. The van der Waals surface area contributed by atoms with Crippen LogP contribution in [0.4, 0.5) is 0 Å². The fraction of sp³-hybridized carbons (Fsp3) is 0.300. The van der Waals surface area contributed by atoms with E-state index in [2.05, 4.69) is 10.3 Å². The third kappa shape index (κ3) is 4.14. The summed E-state index contributed by atoms with van der Waals surface area (Å²) >= 11 is 0. The molecule has 0 saturated carbocycles. The molecule has 0 atom stereocenters. The summed E-state index contributed by atoms with van der Waals surface area (Å²) in [5.41, 5.74) is 3.84. The van der Waals surface area contributed by atoms with Gasteiger partial charge >= 0.3 is 0 Å². The van der Waals surface area contributed by atoms with E-state index in [0.717, 1.165) is 28.9 Å². The molecule has 0 unspecified atom stereocenters. The van der Waals surface area contributed by atoms with Crippen LogP contribution in [-0.2, 0) is 17.6 Å². The van der Waals surface area contributed by atoms with Crippen LogP contribution in [0.5, 0.6) is 11.5 Å². The molecule has 0 aliphatic heterocycles. The van der Waals surface area contributed by atoms with Gasteiger partial charge in [0.2, 0.25) is 5.91 Å². The molecule has 3 rings (SSSR count). The van der Waals surface area contributed by atoms with E-state index in [1.54, 1.807) is 14.2 Å². The Morgan fingerprint density at radius 1 is 1.15 bits per heavy atom. The molecule has 1 N–H and O–H groups in total. The zero-order valence-electron chi connectivity index (χ0n) is 15.3. The van der Waals surface area contributed by atoms with Crippen molar-refractivity contribution in [2.75, 3.05) is 20.8 Å². The minimum Gasteiger partial charge on any atom is -0.493 e. The standard InChI is InChI=1S/C20H23N3O3/c1-14-7-9-23-13-16(22-19(23)10-14)12-20(24)21-8-6-15-4-5-17(25-2)18(11-15)26-3/h4-5,7,9-11,13H,6,8,12H2,1-3H3,(H,21,24). The number of amides is 1. The number of hydrogen-bond acceptors (Lipinski definition) is 4. The number of fused-ring (bicyclic) bond motifs is 1. The lowest BCUT2D eigenvalue weighted by molar-refractivity contribution is -0.120. The third-order valence-electron chi connectivity index (χ3n) is 4.19. The maximum Gasteiger partial charge on any atom is 0.226 e. The molecule has 3 aromatic rings. The van der Waals surface area contributed by atoms with Crippen molar-refractivity contribution in [1.82, 2.24) is 14.7 Å². The fourth-order valence-electron chi connectivity index (χ4n) is 2.83. The molecule has 0 fully saturated rings. The average Bonchev–Trinajstić information content (AvgIpc) is 3.02. The number of aromatic nitrogens is 2. The fourth-order valence-corrected chi connectivity index (χ4v) is 2.83. The lowest BCUT2D eigenvalue weighted by Crippen LogP contribution is -2.27. The molecule has 6 heteroatoms. The number of benzene rings is 1. The third-order valence-corrected chi connectivity index (χ3v) is 4.19. The van der Waals surface area contributed by atoms with Crippen LogP contribution in [0.2, 0.25) is 0 Å². The van der Waals surface area contributed by atoms with Gasteiger partial charge in [0, 0.05) is 18.9 Å². The molecule has 2 heterocycles. The van der Waals surface area contributed by atoms with Crippen LogP contribution in [0.1, 0.15) is 16.8 Å². The van der Waals surface area contributed by atoms with E-state index in [1.165, 1.54) is 0 Å². The number of hydrogen-bond donors (Lipinski definition) is 1. The Hall–Kier alpha value is -3.02. The van der Waals surface area contributed by atoms with Gasteiger partial charge in [-0.1, -0.05) is 6.07 Å². The molecule has 26 heavy (non-hydrogen) atoms. The van der Waals surface area contributed by atoms with Gasteiger partial charge in [-0.15, -0.1) is 0 Å². The highest BCUT2D eigenvalue weighted by atomic mass is 16.5. The first kappa shape index (κ1) is 17.8. The zero-order chi connectivity index (χ0) is 18.5. The van der Waals surface area contributed by atoms with E-state index in [9.17, 15) is 4.79 Å². The molecule has 0 spiro atoms. The summed E-state index contributed by atoms with van der Waals surface area (Å²) in [4.78, 5) is 16.7. The summed E-state index contributed by atoms with van der Waals surface area (Å²) in [6, 6.07) is 9.78. The van der Waals surface area contributed by atoms with Gasteiger partial charge in [-0.05, 0) is 48.7 Å². The second kappa shape index (κ2) is 7.91. The van der Waals surface area contributed by atoms with Gasteiger partial charge in [0.1, 0.15) is 5.65 Å². The lowest BCUT2D eigenvalue weighted by Gasteiger charge is -2.10. The van der Waals surface area contributed by atoms with Crippen molar-refractivity contribution in [2.45, 2.75) is 19.8 Å². The second-order valence-corrected chi connectivity index (χ2v) is 6.17. The molecule has 2 aromatic heterocycles. The summed E-state index contributed by atoms with van der Waals surface area (Å²) < 4.78 is 12.5. The van der Waals surface area contributed by atoms with Crippen molar-refractivity contribution in [3.63, 3.8) is 0 Å². The minimum absolute atomic E-state index is 0.0365. The Bertz CT molecular complexity index is 918. The van der Waals surface area contributed by atoms with E-state index in [0.29, 0.717) is 18.0 Å². The van der Waals surface area contributed by atoms with Gasteiger partial charge in [-0.3, -0.25) is 4.79 Å². The number of nitrogens with zero attached hydrogens (tertiary/aromatic N) is 2. The van der Waals surface area contributed by atoms with E-state index >= 15 is 0 Å². The van der Waals surface area contributed by atoms with Crippen molar-refractivity contribution in [2.24, 2.45) is 0 Å². The normalized spacial score (nSPS) is 10.7. The van der Waals surface area contributed by atoms with E-state index < -0.39 is 0 Å². The molecular weight excluding hydrogens is 330 g/mol. The molecule has 1 aromatic carbocycles. The number of nitrogens with one attached hydrogen (secondary N) is 1. The number of ether oxygens (including phenoxy) is 2. The van der Waals surface area contributed by atoms with Crippen molar-refractivity contribution in [3.05, 3.63) is 59.5 Å². The van der Waals surface area contributed by atoms with E-state index in [1.807, 2.05) is 54.0 Å². The van der Waals surface area contributed by atoms with Crippen LogP contribution >= 0.6 is 0 Å². The molecule has 0 bridgehead atoms. The van der Waals surface area contributed by atoms with Crippen LogP contribution in [0.25, 0.3) is 5.65 Å². The predicted molar refractivity (Wildman–Crippen MR) is 99.9 cm³/mol. The summed E-state index contributed by atoms with van der Waals surface area (Å²) in [5, 5.41) is 2.94. The number of carbonyl (C=O) groups excluding carboxylic acids is 1. The van der Waals surface area contributed by atoms with Crippen LogP contribution in [0, 0.1) is 6.92 Å². The highest BCUT2D eigenvalue weighted by Crippen LogP contribution is 2.27. The molecular formula is C20H23N3O3. The first-order chi connectivity index (χ1) is 12.6. The van der Waals surface area contributed by atoms with Crippen molar-refractivity contribution in [1.29, 1.82) is 0 Å². The summed E-state index contributed by atoms with van der Waals surface area (Å²) in [7, 11) is 3.22. The van der Waals surface area contributed by atoms with Crippen LogP contribution < -0.4 is 14.8 Å². The molecule has 1 amide bonds. The van der Waals surface area contributed by atoms with Crippen molar-refractivity contribution < 1.29 is 14.3 Å². The number of methoxy groups -OCH3 is 2. The maximum atomic E-state index is 12.2. The van der Waals surface area contributed by atoms with Gasteiger partial charge in [0.25, 0.3) is 0 Å². The summed E-state index contributed by atoms with van der Waals surface area (Å²) in [5.74, 6) is 1.35. The largest absolute Gasteiger partial charge is 0.493 e. The SMILES string of the molecule is COc1ccc(CCNC(=O)Cc2cn3ccc(C)cc3n2)cc1OC. The highest BCUT2D eigenvalue weighted by Gasteiger charge is 2.08. The highest BCUT2D eigenvalue weighted by molar-refractivity contribution is 5.78. The quantitative estimate of drug-likeness (QED) is 0.709. The summed E-state index contributed by atoms with van der Waals surface area (Å²) in [6.07, 6.45) is 4.84. The molecule has 136 valence electrons. The monoisotopic (exact) mass is 353 g/mol. The van der Waals surface area contributed by atoms with E-state index in [-0.39, 0.29) is 12.3 Å². The van der Waals surface area contributed by atoms with E-state index in [4.69, 9.17) is 9.47 Å². The number of aryl methyl sites for hydroxylation is 1. The Kier molecular flexibility index (Phi) is 5.41. The van der Waals surface area contributed by atoms with Gasteiger partial charge in [-0.25, -0.2) is 4.98 Å². The topological polar surface area (TPSA) is 64.9 Å². The summed E-state index contributed by atoms with van der Waals surface area (Å²) in [6.45, 7) is 2.58. The number of pyridine rings is 1. The van der Waals surface area contributed by atoms with Crippen LogP contribution in [0.3, 0.4) is 0 Å². The molecule has 0 aliphatic carbocycles. The van der Waals surface area contributed by atoms with Gasteiger partial charge in [0.15, 0.2) is 11.5 Å². The first-order valence-corrected chi connectivity index (χ1v) is 8.51. The second-order valence-electron chi connectivity index (χ2n) is 6.17. The van der Waals surface area contributed by atoms with Gasteiger partial charge < -0.3 is 19.2 Å². The molecule has 0 aliphatic rings. The lowest BCUT2D eigenvalue weighted by atomic mass is 10.1. The smallest absolute Gasteiger partial charge is 0.226 e. The van der Waals surface area contributed by atoms with Gasteiger partial charge in [0.05, 0.1) is 26.3 Å². The average molecular weight is 353 g/mol. The van der Waals surface area contributed by atoms with Crippen molar-refractivity contribution >= 4 is 11.6 Å². The Morgan fingerprint density at radius 3 is 2.73 bits per heavy atom. The zero-order valence-corrected chi connectivity index (χ0v) is 15.3. The number of imidazole rings is 1. The Labute approximate surface area is 152 Å². The Balaban J connectivity index is 1.53. The van der Waals surface area contributed by atoms with Crippen molar-refractivity contribution in [3.8, 4) is 11.5 Å². The number of carbonyl (C=O) groups is 1. The van der Waals surface area contributed by atoms with Gasteiger partial charge in [-0.2, -0.15) is 0 Å². The maximum absolute atomic E-state index is 12.2. The molecule has 6 nitrogen and oxygen atoms in total. The Morgan fingerprint density at radius 2 is 1.96 bits per heavy atom. The van der Waals surface area contributed by atoms with Crippen LogP contribution in [0.15, 0.2) is 42.7 Å². The predicted octanol–water partition coefficient (Wildman–Crippen LogP) is 2.56. The first-order valence-electron chi connectivity index (χ1n) is 8.51. The van der Waals surface area contributed by atoms with Crippen LogP contribution in [-0.4, -0.2) is 36.1 Å². The molecule has 0 radical (unpaired) electrons. The minimum atomic E-state index is -0.0365.